The molecule has 0 saturated carbocycles. The number of halogens is 1. The fraction of sp³-hybridized carbons (Fsp3) is 0.417. The highest BCUT2D eigenvalue weighted by atomic mass is 35.5. The SMILES string of the molecule is CCNC(C)c1cc2c(cc1Cl)NC(=O)C2. The molecule has 0 aromatic heterocycles. The Morgan fingerprint density at radius 3 is 3.00 bits per heavy atom. The molecule has 1 atom stereocenters. The number of benzene rings is 1. The van der Waals surface area contributed by atoms with E-state index in [1.807, 2.05) is 12.1 Å². The zero-order chi connectivity index (χ0) is 11.7. The van der Waals surface area contributed by atoms with Crippen LogP contribution in [0.4, 0.5) is 5.69 Å². The van der Waals surface area contributed by atoms with Gasteiger partial charge >= 0.3 is 0 Å². The number of hydrogen-bond acceptors (Lipinski definition) is 2. The van der Waals surface area contributed by atoms with Gasteiger partial charge in [0.1, 0.15) is 0 Å². The molecule has 1 aliphatic rings. The molecule has 2 rings (SSSR count). The lowest BCUT2D eigenvalue weighted by Crippen LogP contribution is -2.18. The normalized spacial score (nSPS) is 15.8. The monoisotopic (exact) mass is 238 g/mol. The predicted octanol–water partition coefficient (Wildman–Crippen LogP) is 2.51. The van der Waals surface area contributed by atoms with Gasteiger partial charge in [-0.15, -0.1) is 0 Å². The van der Waals surface area contributed by atoms with E-state index in [4.69, 9.17) is 11.6 Å². The van der Waals surface area contributed by atoms with Gasteiger partial charge in [0.25, 0.3) is 0 Å². The standard InChI is InChI=1S/C12H15ClN2O/c1-3-14-7(2)9-4-8-5-12(16)15-11(8)6-10(9)13/h4,6-7,14H,3,5H2,1-2H3,(H,15,16). The number of carbonyl (C=O) groups excluding carboxylic acids is 1. The first-order valence-corrected chi connectivity index (χ1v) is 5.85. The molecule has 0 aliphatic carbocycles. The summed E-state index contributed by atoms with van der Waals surface area (Å²) in [5.74, 6) is 0.0410. The summed E-state index contributed by atoms with van der Waals surface area (Å²) in [6, 6.07) is 4.06. The first-order chi connectivity index (χ1) is 7.61. The highest BCUT2D eigenvalue weighted by molar-refractivity contribution is 6.32. The molecule has 0 bridgehead atoms. The van der Waals surface area contributed by atoms with E-state index in [1.54, 1.807) is 0 Å². The van der Waals surface area contributed by atoms with Crippen molar-refractivity contribution in [1.29, 1.82) is 0 Å². The maximum atomic E-state index is 11.2. The van der Waals surface area contributed by atoms with Crippen LogP contribution in [0.25, 0.3) is 0 Å². The van der Waals surface area contributed by atoms with Crippen LogP contribution in [0, 0.1) is 0 Å². The van der Waals surface area contributed by atoms with Crippen molar-refractivity contribution < 1.29 is 4.79 Å². The Morgan fingerprint density at radius 1 is 1.56 bits per heavy atom. The lowest BCUT2D eigenvalue weighted by Gasteiger charge is -2.15. The summed E-state index contributed by atoms with van der Waals surface area (Å²) in [4.78, 5) is 11.2. The summed E-state index contributed by atoms with van der Waals surface area (Å²) in [6.07, 6.45) is 0.457. The molecule has 0 saturated heterocycles. The van der Waals surface area contributed by atoms with Gasteiger partial charge in [-0.25, -0.2) is 0 Å². The van der Waals surface area contributed by atoms with Crippen LogP contribution in [0.15, 0.2) is 12.1 Å². The van der Waals surface area contributed by atoms with Crippen LogP contribution in [0.2, 0.25) is 5.02 Å². The summed E-state index contributed by atoms with van der Waals surface area (Å²) in [5, 5.41) is 6.81. The zero-order valence-corrected chi connectivity index (χ0v) is 10.2. The van der Waals surface area contributed by atoms with E-state index in [1.165, 1.54) is 0 Å². The average Bonchev–Trinajstić information content (AvgIpc) is 2.56. The van der Waals surface area contributed by atoms with Gasteiger partial charge in [0.05, 0.1) is 6.42 Å². The Bertz CT molecular complexity index is 431. The molecule has 4 heteroatoms. The minimum Gasteiger partial charge on any atom is -0.325 e. The number of nitrogens with one attached hydrogen (secondary N) is 2. The van der Waals surface area contributed by atoms with E-state index in [0.29, 0.717) is 11.4 Å². The number of anilines is 1. The first kappa shape index (κ1) is 11.4. The van der Waals surface area contributed by atoms with Gasteiger partial charge in [-0.05, 0) is 30.7 Å². The van der Waals surface area contributed by atoms with Crippen molar-refractivity contribution in [1.82, 2.24) is 5.32 Å². The van der Waals surface area contributed by atoms with Crippen molar-refractivity contribution in [2.75, 3.05) is 11.9 Å². The van der Waals surface area contributed by atoms with E-state index in [0.717, 1.165) is 23.4 Å². The molecule has 0 fully saturated rings. The van der Waals surface area contributed by atoms with E-state index >= 15 is 0 Å². The zero-order valence-electron chi connectivity index (χ0n) is 9.43. The van der Waals surface area contributed by atoms with Gasteiger partial charge in [0.15, 0.2) is 0 Å². The molecule has 3 nitrogen and oxygen atoms in total. The number of hydrogen-bond donors (Lipinski definition) is 2. The minimum atomic E-state index is 0.0410. The Balaban J connectivity index is 2.34. The third kappa shape index (κ3) is 2.06. The van der Waals surface area contributed by atoms with E-state index in [-0.39, 0.29) is 11.9 Å². The molecule has 1 heterocycles. The minimum absolute atomic E-state index is 0.0410. The van der Waals surface area contributed by atoms with Crippen LogP contribution in [0.1, 0.15) is 31.0 Å². The van der Waals surface area contributed by atoms with Crippen LogP contribution < -0.4 is 10.6 Å². The Kier molecular flexibility index (Phi) is 3.17. The van der Waals surface area contributed by atoms with Crippen LogP contribution in [0.5, 0.6) is 0 Å². The van der Waals surface area contributed by atoms with Gasteiger partial charge in [0.2, 0.25) is 5.91 Å². The van der Waals surface area contributed by atoms with Crippen molar-refractivity contribution in [2.24, 2.45) is 0 Å². The fourth-order valence-electron chi connectivity index (χ4n) is 2.02. The van der Waals surface area contributed by atoms with Gasteiger partial charge in [-0.2, -0.15) is 0 Å². The van der Waals surface area contributed by atoms with E-state index in [9.17, 15) is 4.79 Å². The Morgan fingerprint density at radius 2 is 2.31 bits per heavy atom. The largest absolute Gasteiger partial charge is 0.325 e. The molecule has 1 aromatic rings. The first-order valence-electron chi connectivity index (χ1n) is 5.47. The summed E-state index contributed by atoms with van der Waals surface area (Å²) in [6.45, 7) is 5.02. The van der Waals surface area contributed by atoms with Gasteiger partial charge in [-0.3, -0.25) is 4.79 Å². The predicted molar refractivity (Wildman–Crippen MR) is 65.9 cm³/mol. The molecular weight excluding hydrogens is 224 g/mol. The van der Waals surface area contributed by atoms with Crippen molar-refractivity contribution >= 4 is 23.2 Å². The second-order valence-corrected chi connectivity index (χ2v) is 4.44. The molecule has 0 spiro atoms. The molecule has 1 amide bonds. The van der Waals surface area contributed by atoms with Crippen LogP contribution in [-0.4, -0.2) is 12.5 Å². The summed E-state index contributed by atoms with van der Waals surface area (Å²) >= 11 is 6.19. The molecule has 86 valence electrons. The van der Waals surface area contributed by atoms with Gasteiger partial charge in [0, 0.05) is 16.8 Å². The van der Waals surface area contributed by atoms with Crippen LogP contribution in [0.3, 0.4) is 0 Å². The molecule has 0 radical (unpaired) electrons. The van der Waals surface area contributed by atoms with Crippen LogP contribution >= 0.6 is 11.6 Å². The van der Waals surface area contributed by atoms with Crippen molar-refractivity contribution in [2.45, 2.75) is 26.3 Å². The maximum Gasteiger partial charge on any atom is 0.228 e. The van der Waals surface area contributed by atoms with Crippen molar-refractivity contribution in [3.63, 3.8) is 0 Å². The van der Waals surface area contributed by atoms with E-state index < -0.39 is 0 Å². The van der Waals surface area contributed by atoms with Crippen molar-refractivity contribution in [3.8, 4) is 0 Å². The summed E-state index contributed by atoms with van der Waals surface area (Å²) in [5.41, 5.74) is 2.94. The average molecular weight is 239 g/mol. The van der Waals surface area contributed by atoms with E-state index in [2.05, 4.69) is 24.5 Å². The third-order valence-electron chi connectivity index (χ3n) is 2.82. The molecule has 1 unspecified atom stereocenters. The molecule has 1 aromatic carbocycles. The maximum absolute atomic E-state index is 11.2. The topological polar surface area (TPSA) is 41.1 Å². The Hall–Kier alpha value is -1.06. The molecule has 1 aliphatic heterocycles. The number of amides is 1. The summed E-state index contributed by atoms with van der Waals surface area (Å²) < 4.78 is 0. The van der Waals surface area contributed by atoms with Crippen LogP contribution in [-0.2, 0) is 11.2 Å². The lowest BCUT2D eigenvalue weighted by atomic mass is 10.0. The van der Waals surface area contributed by atoms with Gasteiger partial charge < -0.3 is 10.6 Å². The van der Waals surface area contributed by atoms with Gasteiger partial charge in [-0.1, -0.05) is 24.6 Å². The molecular formula is C12H15ClN2O. The van der Waals surface area contributed by atoms with Crippen molar-refractivity contribution in [3.05, 3.63) is 28.3 Å². The Labute approximate surface area is 100 Å². The highest BCUT2D eigenvalue weighted by Gasteiger charge is 2.20. The summed E-state index contributed by atoms with van der Waals surface area (Å²) in [7, 11) is 0. The lowest BCUT2D eigenvalue weighted by molar-refractivity contribution is -0.115. The quantitative estimate of drug-likeness (QED) is 0.850. The molecule has 16 heavy (non-hydrogen) atoms. The third-order valence-corrected chi connectivity index (χ3v) is 3.15. The second-order valence-electron chi connectivity index (χ2n) is 4.04. The molecule has 2 N–H and O–H groups in total. The number of fused-ring (bicyclic) bond motifs is 1. The second kappa shape index (κ2) is 4.44. The number of rotatable bonds is 3. The number of carbonyl (C=O) groups is 1. The smallest absolute Gasteiger partial charge is 0.228 e. The fourth-order valence-corrected chi connectivity index (χ4v) is 2.34. The highest BCUT2D eigenvalue weighted by Crippen LogP contribution is 2.32.